The van der Waals surface area contributed by atoms with Gasteiger partial charge in [0.1, 0.15) is 19.3 Å². The predicted octanol–water partition coefficient (Wildman–Crippen LogP) is 0.937. The first-order chi connectivity index (χ1) is 10.0. The van der Waals surface area contributed by atoms with Gasteiger partial charge >= 0.3 is 0 Å². The van der Waals surface area contributed by atoms with E-state index in [1.165, 1.54) is 12.8 Å². The fraction of sp³-hybridized carbons (Fsp3) is 0.786. The van der Waals surface area contributed by atoms with Crippen LogP contribution < -0.4 is 9.80 Å². The van der Waals surface area contributed by atoms with Gasteiger partial charge in [0, 0.05) is 20.0 Å². The van der Waals surface area contributed by atoms with Crippen LogP contribution in [0.2, 0.25) is 0 Å². The standard InChI is InChI=1S/C14H25N5O2/c1-10-4-6-11(7-5-10)12-15-13(18(2)8-20)17-14(16-12)19(3)9-21/h10-11,20-21H,4-9H2,1-3H3. The SMILES string of the molecule is CC1CCC(c2nc(N(C)CO)nc(N(C)CO)n2)CC1. The minimum Gasteiger partial charge on any atom is -0.376 e. The lowest BCUT2D eigenvalue weighted by Gasteiger charge is -2.26. The lowest BCUT2D eigenvalue weighted by Crippen LogP contribution is -2.27. The molecule has 21 heavy (non-hydrogen) atoms. The summed E-state index contributed by atoms with van der Waals surface area (Å²) in [4.78, 5) is 16.4. The number of rotatable bonds is 5. The maximum absolute atomic E-state index is 9.27. The summed E-state index contributed by atoms with van der Waals surface area (Å²) in [6.45, 7) is 1.96. The van der Waals surface area contributed by atoms with E-state index in [1.54, 1.807) is 23.9 Å². The smallest absolute Gasteiger partial charge is 0.231 e. The van der Waals surface area contributed by atoms with Gasteiger partial charge in [-0.2, -0.15) is 15.0 Å². The Bertz CT molecular complexity index is 434. The van der Waals surface area contributed by atoms with Gasteiger partial charge in [0.2, 0.25) is 11.9 Å². The average molecular weight is 295 g/mol. The van der Waals surface area contributed by atoms with E-state index >= 15 is 0 Å². The van der Waals surface area contributed by atoms with Crippen LogP contribution in [0, 0.1) is 5.92 Å². The van der Waals surface area contributed by atoms with E-state index in [4.69, 9.17) is 0 Å². The average Bonchev–Trinajstić information content (AvgIpc) is 2.53. The van der Waals surface area contributed by atoms with Gasteiger partial charge in [-0.1, -0.05) is 19.8 Å². The first-order valence-corrected chi connectivity index (χ1v) is 7.45. The number of anilines is 2. The van der Waals surface area contributed by atoms with Crippen LogP contribution in [0.3, 0.4) is 0 Å². The number of hydrogen-bond donors (Lipinski definition) is 2. The number of aliphatic hydroxyl groups excluding tert-OH is 2. The largest absolute Gasteiger partial charge is 0.376 e. The van der Waals surface area contributed by atoms with Crippen LogP contribution >= 0.6 is 0 Å². The summed E-state index contributed by atoms with van der Waals surface area (Å²) in [6, 6.07) is 0. The fourth-order valence-electron chi connectivity index (χ4n) is 2.54. The van der Waals surface area contributed by atoms with E-state index in [9.17, 15) is 10.2 Å². The van der Waals surface area contributed by atoms with Crippen molar-refractivity contribution in [3.63, 3.8) is 0 Å². The Morgan fingerprint density at radius 3 is 1.81 bits per heavy atom. The summed E-state index contributed by atoms with van der Waals surface area (Å²) in [5, 5.41) is 18.5. The molecule has 118 valence electrons. The van der Waals surface area contributed by atoms with Crippen molar-refractivity contribution in [2.24, 2.45) is 5.92 Å². The van der Waals surface area contributed by atoms with Crippen LogP contribution in [-0.4, -0.2) is 52.7 Å². The Hall–Kier alpha value is -1.47. The Balaban J connectivity index is 2.30. The van der Waals surface area contributed by atoms with Crippen molar-refractivity contribution >= 4 is 11.9 Å². The van der Waals surface area contributed by atoms with E-state index in [-0.39, 0.29) is 13.5 Å². The molecular weight excluding hydrogens is 270 g/mol. The first kappa shape index (κ1) is 15.9. The molecule has 1 fully saturated rings. The maximum Gasteiger partial charge on any atom is 0.231 e. The van der Waals surface area contributed by atoms with Crippen molar-refractivity contribution in [1.82, 2.24) is 15.0 Å². The number of aromatic nitrogens is 3. The van der Waals surface area contributed by atoms with Gasteiger partial charge in [0.05, 0.1) is 0 Å². The minimum atomic E-state index is -0.159. The molecule has 7 heteroatoms. The molecule has 0 aromatic carbocycles. The number of aliphatic hydroxyl groups is 2. The first-order valence-electron chi connectivity index (χ1n) is 7.45. The van der Waals surface area contributed by atoms with Gasteiger partial charge < -0.3 is 20.0 Å². The molecule has 0 radical (unpaired) electrons. The zero-order valence-electron chi connectivity index (χ0n) is 13.0. The predicted molar refractivity (Wildman–Crippen MR) is 81.2 cm³/mol. The van der Waals surface area contributed by atoms with Gasteiger partial charge in [-0.3, -0.25) is 0 Å². The Morgan fingerprint density at radius 1 is 0.905 bits per heavy atom. The third-order valence-corrected chi connectivity index (χ3v) is 4.12. The number of nitrogens with zero attached hydrogens (tertiary/aromatic N) is 5. The van der Waals surface area contributed by atoms with E-state index in [2.05, 4.69) is 21.9 Å². The second kappa shape index (κ2) is 7.00. The molecule has 0 atom stereocenters. The van der Waals surface area contributed by atoms with Crippen molar-refractivity contribution in [2.75, 3.05) is 37.4 Å². The molecule has 1 heterocycles. The van der Waals surface area contributed by atoms with E-state index in [1.807, 2.05) is 0 Å². The van der Waals surface area contributed by atoms with Gasteiger partial charge in [-0.15, -0.1) is 0 Å². The monoisotopic (exact) mass is 295 g/mol. The molecule has 0 bridgehead atoms. The normalized spacial score (nSPS) is 22.1. The summed E-state index contributed by atoms with van der Waals surface area (Å²) in [5.41, 5.74) is 0. The third kappa shape index (κ3) is 3.79. The highest BCUT2D eigenvalue weighted by Gasteiger charge is 2.24. The van der Waals surface area contributed by atoms with Crippen molar-refractivity contribution in [2.45, 2.75) is 38.5 Å². The van der Waals surface area contributed by atoms with Crippen molar-refractivity contribution < 1.29 is 10.2 Å². The molecule has 0 amide bonds. The van der Waals surface area contributed by atoms with E-state index in [0.717, 1.165) is 24.6 Å². The van der Waals surface area contributed by atoms with Crippen LogP contribution in [0.5, 0.6) is 0 Å². The summed E-state index contributed by atoms with van der Waals surface area (Å²) >= 11 is 0. The van der Waals surface area contributed by atoms with Gasteiger partial charge in [-0.25, -0.2) is 0 Å². The van der Waals surface area contributed by atoms with Crippen LogP contribution in [-0.2, 0) is 0 Å². The third-order valence-electron chi connectivity index (χ3n) is 4.12. The van der Waals surface area contributed by atoms with Crippen LogP contribution in [0.25, 0.3) is 0 Å². The quantitative estimate of drug-likeness (QED) is 0.782. The topological polar surface area (TPSA) is 85.6 Å². The molecule has 0 saturated heterocycles. The zero-order valence-corrected chi connectivity index (χ0v) is 13.0. The number of hydrogen-bond acceptors (Lipinski definition) is 7. The molecule has 1 aliphatic carbocycles. The highest BCUT2D eigenvalue weighted by Crippen LogP contribution is 2.34. The Labute approximate surface area is 125 Å². The molecule has 1 saturated carbocycles. The molecule has 1 aromatic heterocycles. The molecule has 2 rings (SSSR count). The summed E-state index contributed by atoms with van der Waals surface area (Å²) < 4.78 is 0. The lowest BCUT2D eigenvalue weighted by molar-refractivity contribution is 0.293. The second-order valence-corrected chi connectivity index (χ2v) is 5.93. The summed E-state index contributed by atoms with van der Waals surface area (Å²) in [7, 11) is 3.45. The molecule has 1 aromatic rings. The fourth-order valence-corrected chi connectivity index (χ4v) is 2.54. The molecule has 2 N–H and O–H groups in total. The van der Waals surface area contributed by atoms with Crippen molar-refractivity contribution in [3.8, 4) is 0 Å². The molecule has 7 nitrogen and oxygen atoms in total. The Morgan fingerprint density at radius 2 is 1.38 bits per heavy atom. The molecule has 1 aliphatic rings. The van der Waals surface area contributed by atoms with E-state index in [0.29, 0.717) is 17.8 Å². The van der Waals surface area contributed by atoms with E-state index < -0.39 is 0 Å². The zero-order chi connectivity index (χ0) is 15.4. The second-order valence-electron chi connectivity index (χ2n) is 5.93. The van der Waals surface area contributed by atoms with Gasteiger partial charge in [0.15, 0.2) is 0 Å². The molecule has 0 aliphatic heterocycles. The van der Waals surface area contributed by atoms with Crippen molar-refractivity contribution in [1.29, 1.82) is 0 Å². The maximum atomic E-state index is 9.27. The molecule has 0 unspecified atom stereocenters. The van der Waals surface area contributed by atoms with Crippen LogP contribution in [0.1, 0.15) is 44.3 Å². The van der Waals surface area contributed by atoms with Crippen molar-refractivity contribution in [3.05, 3.63) is 5.82 Å². The Kier molecular flexibility index (Phi) is 5.30. The highest BCUT2D eigenvalue weighted by molar-refractivity contribution is 5.38. The van der Waals surface area contributed by atoms with Gasteiger partial charge in [0.25, 0.3) is 0 Å². The molecule has 0 spiro atoms. The van der Waals surface area contributed by atoms with Gasteiger partial charge in [-0.05, 0) is 18.8 Å². The summed E-state index contributed by atoms with van der Waals surface area (Å²) in [6.07, 6.45) is 4.53. The molecular formula is C14H25N5O2. The lowest BCUT2D eigenvalue weighted by atomic mass is 9.82. The van der Waals surface area contributed by atoms with Crippen LogP contribution in [0.15, 0.2) is 0 Å². The summed E-state index contributed by atoms with van der Waals surface area (Å²) in [5.74, 6) is 2.75. The highest BCUT2D eigenvalue weighted by atomic mass is 16.3. The minimum absolute atomic E-state index is 0.159. The van der Waals surface area contributed by atoms with Crippen LogP contribution in [0.4, 0.5) is 11.9 Å².